The van der Waals surface area contributed by atoms with E-state index in [-0.39, 0.29) is 11.3 Å². The molecule has 0 radical (unpaired) electrons. The fourth-order valence-corrected chi connectivity index (χ4v) is 1.84. The molecule has 2 aromatic rings. The number of nitrogens with zero attached hydrogens (tertiary/aromatic N) is 1. The molecule has 0 saturated heterocycles. The first-order valence-electron chi connectivity index (χ1n) is 5.93. The normalized spacial score (nSPS) is 10.4. The van der Waals surface area contributed by atoms with Gasteiger partial charge in [-0.1, -0.05) is 12.1 Å². The van der Waals surface area contributed by atoms with Crippen LogP contribution >= 0.6 is 0 Å². The zero-order valence-electron chi connectivity index (χ0n) is 11.0. The molecular formula is C15H13F2NO2. The second kappa shape index (κ2) is 5.28. The highest BCUT2D eigenvalue weighted by Crippen LogP contribution is 2.23. The number of halogens is 2. The van der Waals surface area contributed by atoms with Crippen molar-refractivity contribution in [1.29, 1.82) is 0 Å². The summed E-state index contributed by atoms with van der Waals surface area (Å²) in [6.07, 6.45) is 0. The maximum atomic E-state index is 13.9. The molecule has 0 saturated carbocycles. The molecule has 0 unspecified atom stereocenters. The highest BCUT2D eigenvalue weighted by Gasteiger charge is 2.23. The summed E-state index contributed by atoms with van der Waals surface area (Å²) in [5.74, 6) is -2.63. The van der Waals surface area contributed by atoms with Crippen LogP contribution in [0.15, 0.2) is 36.4 Å². The van der Waals surface area contributed by atoms with E-state index in [1.54, 1.807) is 6.07 Å². The van der Waals surface area contributed by atoms with Crippen LogP contribution < -0.4 is 4.90 Å². The molecule has 0 heterocycles. The van der Waals surface area contributed by atoms with Crippen LogP contribution in [-0.4, -0.2) is 18.1 Å². The average molecular weight is 277 g/mol. The largest absolute Gasteiger partial charge is 0.508 e. The fourth-order valence-electron chi connectivity index (χ4n) is 1.84. The molecule has 1 amide bonds. The maximum Gasteiger partial charge on any atom is 0.263 e. The van der Waals surface area contributed by atoms with Crippen molar-refractivity contribution in [3.05, 3.63) is 59.2 Å². The summed E-state index contributed by atoms with van der Waals surface area (Å²) in [6, 6.07) is 8.21. The molecule has 0 aliphatic rings. The minimum atomic E-state index is -0.912. The molecule has 1 N–H and O–H groups in total. The molecule has 5 heteroatoms. The molecule has 2 aromatic carbocycles. The standard InChI is InChI=1S/C15H13F2NO2/c1-9-6-7-12(16)13(14(9)17)15(20)18(2)10-4-3-5-11(19)8-10/h3-8,19H,1-2H3. The number of hydrogen-bond acceptors (Lipinski definition) is 2. The third-order valence-corrected chi connectivity index (χ3v) is 3.02. The fraction of sp³-hybridized carbons (Fsp3) is 0.133. The molecule has 0 aromatic heterocycles. The summed E-state index contributed by atoms with van der Waals surface area (Å²) in [4.78, 5) is 13.3. The van der Waals surface area contributed by atoms with E-state index < -0.39 is 23.1 Å². The second-order valence-corrected chi connectivity index (χ2v) is 4.44. The van der Waals surface area contributed by atoms with Gasteiger partial charge in [0.15, 0.2) is 0 Å². The van der Waals surface area contributed by atoms with Crippen LogP contribution in [0, 0.1) is 18.6 Å². The number of phenolic OH excluding ortho intramolecular Hbond substituents is 1. The monoisotopic (exact) mass is 277 g/mol. The predicted molar refractivity (Wildman–Crippen MR) is 71.9 cm³/mol. The zero-order chi connectivity index (χ0) is 14.9. The molecule has 0 spiro atoms. The van der Waals surface area contributed by atoms with Crippen molar-refractivity contribution in [3.63, 3.8) is 0 Å². The number of carbonyl (C=O) groups excluding carboxylic acids is 1. The highest BCUT2D eigenvalue weighted by molar-refractivity contribution is 6.06. The Morgan fingerprint density at radius 3 is 2.55 bits per heavy atom. The van der Waals surface area contributed by atoms with Crippen LogP contribution in [0.2, 0.25) is 0 Å². The summed E-state index contributed by atoms with van der Waals surface area (Å²) in [5, 5.41) is 9.38. The first-order valence-corrected chi connectivity index (χ1v) is 5.93. The highest BCUT2D eigenvalue weighted by atomic mass is 19.1. The van der Waals surface area contributed by atoms with Gasteiger partial charge in [0, 0.05) is 18.8 Å². The van der Waals surface area contributed by atoms with Crippen molar-refractivity contribution in [2.45, 2.75) is 6.92 Å². The summed E-state index contributed by atoms with van der Waals surface area (Å²) >= 11 is 0. The Morgan fingerprint density at radius 1 is 1.20 bits per heavy atom. The van der Waals surface area contributed by atoms with E-state index in [1.165, 1.54) is 38.2 Å². The zero-order valence-corrected chi connectivity index (χ0v) is 11.0. The number of benzene rings is 2. The molecule has 20 heavy (non-hydrogen) atoms. The van der Waals surface area contributed by atoms with Gasteiger partial charge in [0.2, 0.25) is 0 Å². The van der Waals surface area contributed by atoms with E-state index in [4.69, 9.17) is 0 Å². The number of rotatable bonds is 2. The van der Waals surface area contributed by atoms with Crippen LogP contribution in [0.1, 0.15) is 15.9 Å². The molecule has 0 aliphatic heterocycles. The third kappa shape index (κ3) is 2.47. The number of amides is 1. The third-order valence-electron chi connectivity index (χ3n) is 3.02. The van der Waals surface area contributed by atoms with Gasteiger partial charge in [-0.25, -0.2) is 8.78 Å². The van der Waals surface area contributed by atoms with E-state index in [0.717, 1.165) is 11.0 Å². The van der Waals surface area contributed by atoms with Crippen molar-refractivity contribution in [2.75, 3.05) is 11.9 Å². The Labute approximate surface area is 115 Å². The van der Waals surface area contributed by atoms with Gasteiger partial charge in [-0.05, 0) is 30.7 Å². The Morgan fingerprint density at radius 2 is 1.90 bits per heavy atom. The lowest BCUT2D eigenvalue weighted by Gasteiger charge is -2.18. The number of carbonyl (C=O) groups is 1. The van der Waals surface area contributed by atoms with Crippen molar-refractivity contribution in [1.82, 2.24) is 0 Å². The Hall–Kier alpha value is -2.43. The molecule has 0 atom stereocenters. The van der Waals surface area contributed by atoms with E-state index in [9.17, 15) is 18.7 Å². The van der Waals surface area contributed by atoms with E-state index in [0.29, 0.717) is 5.69 Å². The first-order chi connectivity index (χ1) is 9.41. The van der Waals surface area contributed by atoms with Gasteiger partial charge < -0.3 is 10.0 Å². The van der Waals surface area contributed by atoms with Gasteiger partial charge in [0.25, 0.3) is 5.91 Å². The molecule has 3 nitrogen and oxygen atoms in total. The Balaban J connectivity index is 2.44. The van der Waals surface area contributed by atoms with Crippen molar-refractivity contribution >= 4 is 11.6 Å². The number of phenols is 1. The van der Waals surface area contributed by atoms with Gasteiger partial charge in [0.1, 0.15) is 22.9 Å². The smallest absolute Gasteiger partial charge is 0.263 e. The topological polar surface area (TPSA) is 40.5 Å². The summed E-state index contributed by atoms with van der Waals surface area (Å²) in [5.41, 5.74) is -0.0646. The molecule has 2 rings (SSSR count). The van der Waals surface area contributed by atoms with E-state index in [1.807, 2.05) is 0 Å². The summed E-state index contributed by atoms with van der Waals surface area (Å²) in [6.45, 7) is 1.46. The first kappa shape index (κ1) is 14.0. The maximum absolute atomic E-state index is 13.9. The lowest BCUT2D eigenvalue weighted by Crippen LogP contribution is -2.28. The molecule has 0 fully saturated rings. The lowest BCUT2D eigenvalue weighted by atomic mass is 10.1. The van der Waals surface area contributed by atoms with Gasteiger partial charge in [-0.2, -0.15) is 0 Å². The van der Waals surface area contributed by atoms with Crippen LogP contribution in [0.25, 0.3) is 0 Å². The van der Waals surface area contributed by atoms with Crippen LogP contribution in [-0.2, 0) is 0 Å². The molecular weight excluding hydrogens is 264 g/mol. The minimum absolute atomic E-state index is 0.0349. The summed E-state index contributed by atoms with van der Waals surface area (Å²) < 4.78 is 27.6. The number of aromatic hydroxyl groups is 1. The number of hydrogen-bond donors (Lipinski definition) is 1. The molecule has 104 valence electrons. The van der Waals surface area contributed by atoms with Crippen LogP contribution in [0.5, 0.6) is 5.75 Å². The molecule has 0 bridgehead atoms. The van der Waals surface area contributed by atoms with Crippen molar-refractivity contribution in [3.8, 4) is 5.75 Å². The Kier molecular flexibility index (Phi) is 3.70. The van der Waals surface area contributed by atoms with Crippen LogP contribution in [0.4, 0.5) is 14.5 Å². The minimum Gasteiger partial charge on any atom is -0.508 e. The summed E-state index contributed by atoms with van der Waals surface area (Å²) in [7, 11) is 1.39. The van der Waals surface area contributed by atoms with Crippen molar-refractivity contribution in [2.24, 2.45) is 0 Å². The molecule has 0 aliphatic carbocycles. The van der Waals surface area contributed by atoms with E-state index in [2.05, 4.69) is 0 Å². The second-order valence-electron chi connectivity index (χ2n) is 4.44. The number of anilines is 1. The average Bonchev–Trinajstić information content (AvgIpc) is 2.42. The van der Waals surface area contributed by atoms with Gasteiger partial charge in [0.05, 0.1) is 0 Å². The SMILES string of the molecule is Cc1ccc(F)c(C(=O)N(C)c2cccc(O)c2)c1F. The lowest BCUT2D eigenvalue weighted by molar-refractivity contribution is 0.0984. The van der Waals surface area contributed by atoms with E-state index >= 15 is 0 Å². The van der Waals surface area contributed by atoms with Crippen LogP contribution in [0.3, 0.4) is 0 Å². The quantitative estimate of drug-likeness (QED) is 0.915. The Bertz CT molecular complexity index is 671. The van der Waals surface area contributed by atoms with Gasteiger partial charge in [-0.15, -0.1) is 0 Å². The van der Waals surface area contributed by atoms with Gasteiger partial charge in [-0.3, -0.25) is 4.79 Å². The predicted octanol–water partition coefficient (Wildman–Crippen LogP) is 3.26. The van der Waals surface area contributed by atoms with Crippen molar-refractivity contribution < 1.29 is 18.7 Å². The number of aryl methyl sites for hydroxylation is 1. The van der Waals surface area contributed by atoms with Gasteiger partial charge >= 0.3 is 0 Å².